The predicted molar refractivity (Wildman–Crippen MR) is 86.2 cm³/mol. The van der Waals surface area contributed by atoms with E-state index in [0.717, 1.165) is 5.69 Å². The number of para-hydroxylation sites is 1. The lowest BCUT2D eigenvalue weighted by Crippen LogP contribution is -2.25. The molecule has 21 heavy (non-hydrogen) atoms. The first-order chi connectivity index (χ1) is 10.2. The van der Waals surface area contributed by atoms with Crippen LogP contribution in [0.2, 0.25) is 0 Å². The van der Waals surface area contributed by atoms with E-state index in [1.165, 1.54) is 11.3 Å². The summed E-state index contributed by atoms with van der Waals surface area (Å²) in [5, 5.41) is 5.89. The van der Waals surface area contributed by atoms with Crippen molar-refractivity contribution in [1.29, 1.82) is 0 Å². The Morgan fingerprint density at radius 1 is 1.24 bits per heavy atom. The Morgan fingerprint density at radius 2 is 2.00 bits per heavy atom. The summed E-state index contributed by atoms with van der Waals surface area (Å²) < 4.78 is 5.85. The van der Waals surface area contributed by atoms with Gasteiger partial charge in [-0.1, -0.05) is 29.4 Å². The molecule has 0 spiro atoms. The lowest BCUT2D eigenvalue weighted by atomic mass is 10.2. The normalized spacial score (nSPS) is 10.6. The summed E-state index contributed by atoms with van der Waals surface area (Å²) in [5.41, 5.74) is 0.741. The molecule has 3 rings (SSSR count). The highest BCUT2D eigenvalue weighted by Gasteiger charge is 2.26. The van der Waals surface area contributed by atoms with E-state index in [1.54, 1.807) is 17.9 Å². The Labute approximate surface area is 134 Å². The highest BCUT2D eigenvalue weighted by molar-refractivity contribution is 9.10. The lowest BCUT2D eigenvalue weighted by molar-refractivity contribution is 0.100. The maximum atomic E-state index is 12.8. The number of nitrogens with zero attached hydrogens (tertiary/aromatic N) is 2. The highest BCUT2D eigenvalue weighted by Crippen LogP contribution is 2.35. The second-order valence-electron chi connectivity index (χ2n) is 4.33. The Kier molecular flexibility index (Phi) is 3.90. The van der Waals surface area contributed by atoms with Gasteiger partial charge in [-0.25, -0.2) is 0 Å². The summed E-state index contributed by atoms with van der Waals surface area (Å²) in [6.45, 7) is 1.79. The molecule has 106 valence electrons. The van der Waals surface area contributed by atoms with Gasteiger partial charge in [-0.2, -0.15) is 0 Å². The molecule has 0 unspecified atom stereocenters. The Hall–Kier alpha value is -1.92. The minimum atomic E-state index is -0.134. The zero-order chi connectivity index (χ0) is 14.8. The van der Waals surface area contributed by atoms with Crippen molar-refractivity contribution in [2.45, 2.75) is 6.92 Å². The van der Waals surface area contributed by atoms with Crippen molar-refractivity contribution in [2.75, 3.05) is 4.90 Å². The highest BCUT2D eigenvalue weighted by atomic mass is 79.9. The molecule has 3 aromatic rings. The molecule has 2 heterocycles. The van der Waals surface area contributed by atoms with Crippen molar-refractivity contribution in [2.24, 2.45) is 0 Å². The van der Waals surface area contributed by atoms with Gasteiger partial charge in [0.25, 0.3) is 5.91 Å². The fourth-order valence-electron chi connectivity index (χ4n) is 1.91. The van der Waals surface area contributed by atoms with Gasteiger partial charge in [0.15, 0.2) is 5.82 Å². The number of carbonyl (C=O) groups is 1. The quantitative estimate of drug-likeness (QED) is 0.672. The van der Waals surface area contributed by atoms with Crippen LogP contribution in [-0.2, 0) is 0 Å². The van der Waals surface area contributed by atoms with E-state index in [9.17, 15) is 4.79 Å². The summed E-state index contributed by atoms with van der Waals surface area (Å²) in [4.78, 5) is 15.0. The zero-order valence-electron chi connectivity index (χ0n) is 11.1. The van der Waals surface area contributed by atoms with Gasteiger partial charge in [0.05, 0.1) is 10.6 Å². The number of hydrogen-bond donors (Lipinski definition) is 0. The zero-order valence-corrected chi connectivity index (χ0v) is 13.5. The van der Waals surface area contributed by atoms with Crippen LogP contribution in [0, 0.1) is 6.92 Å². The van der Waals surface area contributed by atoms with Crippen LogP contribution in [0.4, 0.5) is 11.5 Å². The number of carbonyl (C=O) groups excluding carboxylic acids is 1. The van der Waals surface area contributed by atoms with Crippen LogP contribution in [0.5, 0.6) is 0 Å². The fourth-order valence-corrected chi connectivity index (χ4v) is 2.89. The van der Waals surface area contributed by atoms with Crippen LogP contribution in [-0.4, -0.2) is 11.1 Å². The maximum Gasteiger partial charge on any atom is 0.274 e. The largest absolute Gasteiger partial charge is 0.358 e. The van der Waals surface area contributed by atoms with Gasteiger partial charge < -0.3 is 4.52 Å². The van der Waals surface area contributed by atoms with Crippen molar-refractivity contribution in [1.82, 2.24) is 5.16 Å². The average molecular weight is 363 g/mol. The average Bonchev–Trinajstić information content (AvgIpc) is 3.14. The first kappa shape index (κ1) is 14.0. The third-order valence-corrected chi connectivity index (χ3v) is 4.71. The third kappa shape index (κ3) is 2.64. The van der Waals surface area contributed by atoms with E-state index < -0.39 is 0 Å². The second kappa shape index (κ2) is 5.83. The number of benzene rings is 1. The number of amides is 1. The van der Waals surface area contributed by atoms with Crippen molar-refractivity contribution < 1.29 is 9.32 Å². The van der Waals surface area contributed by atoms with E-state index in [0.29, 0.717) is 20.9 Å². The Balaban J connectivity index is 2.12. The van der Waals surface area contributed by atoms with Crippen molar-refractivity contribution >= 4 is 44.7 Å². The van der Waals surface area contributed by atoms with Gasteiger partial charge in [-0.15, -0.1) is 11.3 Å². The fraction of sp³-hybridized carbons (Fsp3) is 0.0667. The van der Waals surface area contributed by atoms with Crippen molar-refractivity contribution in [3.8, 4) is 0 Å². The van der Waals surface area contributed by atoms with Crippen LogP contribution in [0.15, 0.2) is 56.8 Å². The molecule has 0 saturated heterocycles. The van der Waals surface area contributed by atoms with E-state index in [2.05, 4.69) is 21.1 Å². The molecule has 1 aromatic carbocycles. The summed E-state index contributed by atoms with van der Waals surface area (Å²) >= 11 is 4.83. The number of hydrogen-bond acceptors (Lipinski definition) is 4. The van der Waals surface area contributed by atoms with Gasteiger partial charge in [-0.05, 0) is 46.4 Å². The number of aryl methyl sites for hydroxylation is 1. The van der Waals surface area contributed by atoms with E-state index in [4.69, 9.17) is 4.52 Å². The predicted octanol–water partition coefficient (Wildman–Crippen LogP) is 4.79. The van der Waals surface area contributed by atoms with Gasteiger partial charge in [0.1, 0.15) is 10.2 Å². The van der Waals surface area contributed by atoms with E-state index >= 15 is 0 Å². The smallest absolute Gasteiger partial charge is 0.274 e. The van der Waals surface area contributed by atoms with Crippen LogP contribution in [0.1, 0.15) is 15.4 Å². The van der Waals surface area contributed by atoms with Gasteiger partial charge in [0.2, 0.25) is 0 Å². The molecule has 0 bridgehead atoms. The Morgan fingerprint density at radius 3 is 2.57 bits per heavy atom. The van der Waals surface area contributed by atoms with Gasteiger partial charge in [-0.3, -0.25) is 9.69 Å². The number of anilines is 2. The van der Waals surface area contributed by atoms with Crippen LogP contribution in [0.25, 0.3) is 0 Å². The standard InChI is InChI=1S/C15H11BrN2O2S/c1-10-13(16)14(17-20-10)18(11-6-3-2-4-7-11)15(19)12-8-5-9-21-12/h2-9H,1H3. The molecule has 0 N–H and O–H groups in total. The topological polar surface area (TPSA) is 46.3 Å². The molecule has 0 aliphatic heterocycles. The summed E-state index contributed by atoms with van der Waals surface area (Å²) in [7, 11) is 0. The molecule has 1 amide bonds. The second-order valence-corrected chi connectivity index (χ2v) is 6.07. The number of halogens is 1. The van der Waals surface area contributed by atoms with Gasteiger partial charge >= 0.3 is 0 Å². The molecular formula is C15H11BrN2O2S. The molecule has 0 atom stereocenters. The number of aromatic nitrogens is 1. The van der Waals surface area contributed by atoms with Crippen LogP contribution in [0.3, 0.4) is 0 Å². The first-order valence-electron chi connectivity index (χ1n) is 6.23. The summed E-state index contributed by atoms with van der Waals surface area (Å²) in [5.74, 6) is 0.951. The summed E-state index contributed by atoms with van der Waals surface area (Å²) in [6.07, 6.45) is 0. The first-order valence-corrected chi connectivity index (χ1v) is 7.90. The molecule has 0 fully saturated rings. The minimum Gasteiger partial charge on any atom is -0.358 e. The monoisotopic (exact) mass is 362 g/mol. The molecule has 2 aromatic heterocycles. The Bertz CT molecular complexity index is 753. The minimum absolute atomic E-state index is 0.134. The van der Waals surface area contributed by atoms with Crippen molar-refractivity contribution in [3.05, 3.63) is 63.0 Å². The maximum absolute atomic E-state index is 12.8. The molecule has 6 heteroatoms. The molecule has 0 saturated carbocycles. The molecular weight excluding hydrogens is 352 g/mol. The third-order valence-electron chi connectivity index (χ3n) is 2.94. The van der Waals surface area contributed by atoms with E-state index in [1.807, 2.05) is 41.8 Å². The van der Waals surface area contributed by atoms with Gasteiger partial charge in [0, 0.05) is 0 Å². The van der Waals surface area contributed by atoms with E-state index in [-0.39, 0.29) is 5.91 Å². The van der Waals surface area contributed by atoms with Crippen LogP contribution >= 0.6 is 27.3 Å². The molecule has 4 nitrogen and oxygen atoms in total. The van der Waals surface area contributed by atoms with Crippen molar-refractivity contribution in [3.63, 3.8) is 0 Å². The summed E-state index contributed by atoms with van der Waals surface area (Å²) in [6, 6.07) is 13.0. The number of rotatable bonds is 3. The van der Waals surface area contributed by atoms with Crippen LogP contribution < -0.4 is 4.90 Å². The molecule has 0 aliphatic rings. The SMILES string of the molecule is Cc1onc(N(C(=O)c2cccs2)c2ccccc2)c1Br. The number of thiophene rings is 1. The molecule has 0 aliphatic carbocycles. The molecule has 0 radical (unpaired) electrons. The lowest BCUT2D eigenvalue weighted by Gasteiger charge is -2.19.